The highest BCUT2D eigenvalue weighted by molar-refractivity contribution is 7.80. The minimum absolute atomic E-state index is 0.285. The molecule has 1 heterocycles. The predicted molar refractivity (Wildman–Crippen MR) is 88.2 cm³/mol. The number of hydrogen-bond donors (Lipinski definition) is 3. The minimum Gasteiger partial charge on any atom is -0.364 e. The molecule has 0 bridgehead atoms. The molecule has 110 valence electrons. The SMILES string of the molecule is C/C(=N\NC(=S)Nc1ccc(F)cc1)c1c(C)c[nH]c1C. The molecule has 0 spiro atoms. The van der Waals surface area contributed by atoms with E-state index in [1.165, 1.54) is 12.1 Å². The van der Waals surface area contributed by atoms with Crippen molar-refractivity contribution in [2.24, 2.45) is 5.10 Å². The fourth-order valence-electron chi connectivity index (χ4n) is 2.10. The van der Waals surface area contributed by atoms with Gasteiger partial charge in [-0.1, -0.05) is 0 Å². The van der Waals surface area contributed by atoms with Crippen LogP contribution < -0.4 is 10.7 Å². The van der Waals surface area contributed by atoms with Crippen LogP contribution in [-0.4, -0.2) is 15.8 Å². The number of aromatic nitrogens is 1. The number of hydrogen-bond acceptors (Lipinski definition) is 2. The minimum atomic E-state index is -0.285. The van der Waals surface area contributed by atoms with Crippen LogP contribution in [-0.2, 0) is 0 Å². The molecule has 0 atom stereocenters. The number of thiocarbonyl (C=S) groups is 1. The van der Waals surface area contributed by atoms with Crippen molar-refractivity contribution in [2.75, 3.05) is 5.32 Å². The van der Waals surface area contributed by atoms with E-state index in [4.69, 9.17) is 12.2 Å². The van der Waals surface area contributed by atoms with Crippen LogP contribution in [0.5, 0.6) is 0 Å². The molecule has 1 aromatic carbocycles. The molecule has 0 unspecified atom stereocenters. The average molecular weight is 304 g/mol. The van der Waals surface area contributed by atoms with Crippen LogP contribution in [0.1, 0.15) is 23.7 Å². The van der Waals surface area contributed by atoms with E-state index >= 15 is 0 Å². The van der Waals surface area contributed by atoms with Crippen molar-refractivity contribution in [2.45, 2.75) is 20.8 Å². The Labute approximate surface area is 128 Å². The van der Waals surface area contributed by atoms with Gasteiger partial charge in [-0.05, 0) is 62.8 Å². The van der Waals surface area contributed by atoms with Crippen LogP contribution in [0.25, 0.3) is 0 Å². The maximum atomic E-state index is 12.8. The molecule has 0 saturated carbocycles. The van der Waals surface area contributed by atoms with E-state index in [0.29, 0.717) is 10.8 Å². The molecule has 2 aromatic rings. The summed E-state index contributed by atoms with van der Waals surface area (Å²) in [5.74, 6) is -0.285. The van der Waals surface area contributed by atoms with Crippen molar-refractivity contribution in [3.63, 3.8) is 0 Å². The summed E-state index contributed by atoms with van der Waals surface area (Å²) in [6.45, 7) is 5.93. The number of nitrogens with one attached hydrogen (secondary N) is 3. The highest BCUT2D eigenvalue weighted by Crippen LogP contribution is 2.13. The van der Waals surface area contributed by atoms with Gasteiger partial charge in [0.05, 0.1) is 5.71 Å². The summed E-state index contributed by atoms with van der Waals surface area (Å²) in [6, 6.07) is 5.96. The van der Waals surface area contributed by atoms with E-state index in [0.717, 1.165) is 22.5 Å². The van der Waals surface area contributed by atoms with Gasteiger partial charge in [-0.15, -0.1) is 0 Å². The van der Waals surface area contributed by atoms with Crippen LogP contribution in [0.15, 0.2) is 35.6 Å². The molecule has 0 aliphatic heterocycles. The summed E-state index contributed by atoms with van der Waals surface area (Å²) in [4.78, 5) is 3.16. The van der Waals surface area contributed by atoms with Crippen molar-refractivity contribution in [1.82, 2.24) is 10.4 Å². The van der Waals surface area contributed by atoms with Crippen LogP contribution in [0.3, 0.4) is 0 Å². The van der Waals surface area contributed by atoms with Crippen molar-refractivity contribution in [3.8, 4) is 0 Å². The standard InChI is InChI=1S/C15H17FN4S/c1-9-8-17-10(2)14(9)11(3)19-20-15(21)18-13-6-4-12(16)5-7-13/h4-8,17H,1-3H3,(H2,18,20,21)/b19-11+. The Bertz CT molecular complexity index is 654. The summed E-state index contributed by atoms with van der Waals surface area (Å²) >= 11 is 5.15. The molecule has 0 aliphatic rings. The Morgan fingerprint density at radius 3 is 2.48 bits per heavy atom. The first kappa shape index (κ1) is 15.2. The average Bonchev–Trinajstić information content (AvgIpc) is 2.78. The normalized spacial score (nSPS) is 11.3. The molecule has 0 fully saturated rings. The number of aromatic amines is 1. The number of H-pyrrole nitrogens is 1. The Morgan fingerprint density at radius 2 is 1.90 bits per heavy atom. The lowest BCUT2D eigenvalue weighted by molar-refractivity contribution is 0.628. The lowest BCUT2D eigenvalue weighted by Gasteiger charge is -2.08. The molecular formula is C15H17FN4S. The fourth-order valence-corrected chi connectivity index (χ4v) is 2.26. The molecule has 0 aliphatic carbocycles. The summed E-state index contributed by atoms with van der Waals surface area (Å²) < 4.78 is 12.8. The van der Waals surface area contributed by atoms with Crippen molar-refractivity contribution < 1.29 is 4.39 Å². The van der Waals surface area contributed by atoms with Gasteiger partial charge >= 0.3 is 0 Å². The lowest BCUT2D eigenvalue weighted by Crippen LogP contribution is -2.25. The van der Waals surface area contributed by atoms with Crippen molar-refractivity contribution >= 4 is 28.7 Å². The molecule has 2 rings (SSSR count). The third-order valence-electron chi connectivity index (χ3n) is 3.06. The zero-order valence-electron chi connectivity index (χ0n) is 12.1. The van der Waals surface area contributed by atoms with Crippen LogP contribution in [0.4, 0.5) is 10.1 Å². The van der Waals surface area contributed by atoms with Gasteiger partial charge in [0.2, 0.25) is 0 Å². The largest absolute Gasteiger partial charge is 0.364 e. The first-order valence-corrected chi connectivity index (χ1v) is 6.90. The van der Waals surface area contributed by atoms with E-state index in [1.807, 2.05) is 27.0 Å². The number of rotatable bonds is 3. The van der Waals surface area contributed by atoms with Gasteiger partial charge in [-0.25, -0.2) is 4.39 Å². The zero-order chi connectivity index (χ0) is 15.4. The second-order valence-corrected chi connectivity index (χ2v) is 5.15. The predicted octanol–water partition coefficient (Wildman–Crippen LogP) is 3.48. The molecule has 0 amide bonds. The van der Waals surface area contributed by atoms with Crippen LogP contribution >= 0.6 is 12.2 Å². The molecular weight excluding hydrogens is 287 g/mol. The second-order valence-electron chi connectivity index (χ2n) is 4.74. The molecule has 6 heteroatoms. The van der Waals surface area contributed by atoms with Crippen LogP contribution in [0.2, 0.25) is 0 Å². The Kier molecular flexibility index (Phi) is 4.70. The Morgan fingerprint density at radius 1 is 1.24 bits per heavy atom. The topological polar surface area (TPSA) is 52.2 Å². The van der Waals surface area contributed by atoms with Gasteiger partial charge in [0.15, 0.2) is 5.11 Å². The first-order chi connectivity index (χ1) is 9.97. The van der Waals surface area contributed by atoms with Gasteiger partial charge in [-0.3, -0.25) is 5.43 Å². The maximum Gasteiger partial charge on any atom is 0.191 e. The number of halogens is 1. The third kappa shape index (κ3) is 3.88. The summed E-state index contributed by atoms with van der Waals surface area (Å²) in [7, 11) is 0. The smallest absolute Gasteiger partial charge is 0.191 e. The molecule has 3 N–H and O–H groups in total. The van der Waals surface area contributed by atoms with Crippen molar-refractivity contribution in [3.05, 3.63) is 53.1 Å². The van der Waals surface area contributed by atoms with Crippen molar-refractivity contribution in [1.29, 1.82) is 0 Å². The van der Waals surface area contributed by atoms with E-state index < -0.39 is 0 Å². The molecule has 1 aromatic heterocycles. The lowest BCUT2D eigenvalue weighted by atomic mass is 10.1. The number of aryl methyl sites for hydroxylation is 2. The summed E-state index contributed by atoms with van der Waals surface area (Å²) in [6.07, 6.45) is 1.94. The monoisotopic (exact) mass is 304 g/mol. The molecule has 0 radical (unpaired) electrons. The highest BCUT2D eigenvalue weighted by atomic mass is 32.1. The summed E-state index contributed by atoms with van der Waals surface area (Å²) in [5, 5.41) is 7.56. The quantitative estimate of drug-likeness (QED) is 0.462. The van der Waals surface area contributed by atoms with E-state index in [2.05, 4.69) is 20.8 Å². The maximum absolute atomic E-state index is 12.8. The molecule has 4 nitrogen and oxygen atoms in total. The Hall–Kier alpha value is -2.21. The zero-order valence-corrected chi connectivity index (χ0v) is 12.9. The van der Waals surface area contributed by atoms with Gasteiger partial charge in [0, 0.05) is 23.1 Å². The molecule has 0 saturated heterocycles. The molecule has 21 heavy (non-hydrogen) atoms. The number of hydrazone groups is 1. The highest BCUT2D eigenvalue weighted by Gasteiger charge is 2.07. The summed E-state index contributed by atoms with van der Waals surface area (Å²) in [5.41, 5.74) is 7.61. The fraction of sp³-hybridized carbons (Fsp3) is 0.200. The number of benzene rings is 1. The van der Waals surface area contributed by atoms with E-state index in [-0.39, 0.29) is 5.82 Å². The van der Waals surface area contributed by atoms with Gasteiger partial charge in [0.25, 0.3) is 0 Å². The van der Waals surface area contributed by atoms with Gasteiger partial charge in [0.1, 0.15) is 5.82 Å². The first-order valence-electron chi connectivity index (χ1n) is 6.49. The van der Waals surface area contributed by atoms with Gasteiger partial charge < -0.3 is 10.3 Å². The number of anilines is 1. The van der Waals surface area contributed by atoms with Crippen LogP contribution in [0, 0.1) is 19.7 Å². The second kappa shape index (κ2) is 6.49. The van der Waals surface area contributed by atoms with E-state index in [1.54, 1.807) is 12.1 Å². The third-order valence-corrected chi connectivity index (χ3v) is 3.26. The van der Waals surface area contributed by atoms with E-state index in [9.17, 15) is 4.39 Å². The van der Waals surface area contributed by atoms with Gasteiger partial charge in [-0.2, -0.15) is 5.10 Å². The number of nitrogens with zero attached hydrogens (tertiary/aromatic N) is 1. The Balaban J connectivity index is 2.00.